The molecule has 1 aliphatic heterocycles. The number of carboxylic acids is 1. The van der Waals surface area contributed by atoms with Crippen LogP contribution in [0.5, 0.6) is 0 Å². The molecule has 0 spiro atoms. The molecule has 1 aliphatic carbocycles. The average molecular weight is 289 g/mol. The first-order valence-electron chi connectivity index (χ1n) is 7.05. The molecule has 0 radical (unpaired) electrons. The van der Waals surface area contributed by atoms with Gasteiger partial charge in [-0.3, -0.25) is 9.69 Å². The average Bonchev–Trinajstić information content (AvgIpc) is 2.60. The third kappa shape index (κ3) is 3.92. The summed E-state index contributed by atoms with van der Waals surface area (Å²) < 4.78 is 23.1. The van der Waals surface area contributed by atoms with Crippen LogP contribution in [0, 0.1) is 5.92 Å². The lowest BCUT2D eigenvalue weighted by molar-refractivity contribution is -0.139. The van der Waals surface area contributed by atoms with E-state index in [0.717, 1.165) is 6.42 Å². The van der Waals surface area contributed by atoms with Gasteiger partial charge in [-0.15, -0.1) is 0 Å². The minimum atomic E-state index is -2.96. The second kappa shape index (κ2) is 5.79. The van der Waals surface area contributed by atoms with Crippen molar-refractivity contribution in [2.24, 2.45) is 5.92 Å². The fourth-order valence-corrected chi connectivity index (χ4v) is 4.93. The molecule has 2 unspecified atom stereocenters. The lowest BCUT2D eigenvalue weighted by Gasteiger charge is -2.36. The zero-order valence-electron chi connectivity index (χ0n) is 11.4. The van der Waals surface area contributed by atoms with Crippen molar-refractivity contribution in [1.82, 2.24) is 4.90 Å². The zero-order chi connectivity index (χ0) is 14.0. The van der Waals surface area contributed by atoms with E-state index in [4.69, 9.17) is 5.11 Å². The van der Waals surface area contributed by atoms with Crippen LogP contribution in [0.4, 0.5) is 0 Å². The summed E-state index contributed by atoms with van der Waals surface area (Å²) >= 11 is 0. The van der Waals surface area contributed by atoms with Crippen molar-refractivity contribution in [1.29, 1.82) is 0 Å². The SMILES string of the molecule is CC(CC1CCC1)N(CC(=O)O)C1CCS(=O)(=O)C1. The molecule has 0 amide bonds. The van der Waals surface area contributed by atoms with E-state index in [1.54, 1.807) is 0 Å². The number of sulfone groups is 1. The van der Waals surface area contributed by atoms with Gasteiger partial charge in [0.1, 0.15) is 0 Å². The van der Waals surface area contributed by atoms with E-state index in [-0.39, 0.29) is 30.1 Å². The van der Waals surface area contributed by atoms with Gasteiger partial charge in [0.2, 0.25) is 0 Å². The van der Waals surface area contributed by atoms with Gasteiger partial charge in [0, 0.05) is 12.1 Å². The van der Waals surface area contributed by atoms with Crippen molar-refractivity contribution in [3.05, 3.63) is 0 Å². The predicted octanol–water partition coefficient (Wildman–Crippen LogP) is 1.14. The number of hydrogen-bond acceptors (Lipinski definition) is 4. The normalized spacial score (nSPS) is 28.2. The maximum absolute atomic E-state index is 11.6. The molecule has 6 heteroatoms. The smallest absolute Gasteiger partial charge is 0.317 e. The Hall–Kier alpha value is -0.620. The lowest BCUT2D eigenvalue weighted by Crippen LogP contribution is -2.46. The number of carboxylic acid groups (broad SMARTS) is 1. The zero-order valence-corrected chi connectivity index (χ0v) is 12.2. The fraction of sp³-hybridized carbons (Fsp3) is 0.923. The topological polar surface area (TPSA) is 74.7 Å². The Kier molecular flexibility index (Phi) is 4.50. The van der Waals surface area contributed by atoms with Gasteiger partial charge in [-0.2, -0.15) is 0 Å². The molecule has 2 aliphatic rings. The van der Waals surface area contributed by atoms with E-state index in [1.165, 1.54) is 19.3 Å². The molecule has 0 bridgehead atoms. The van der Waals surface area contributed by atoms with Gasteiger partial charge in [0.25, 0.3) is 0 Å². The van der Waals surface area contributed by atoms with Crippen LogP contribution in [0.2, 0.25) is 0 Å². The molecule has 1 heterocycles. The van der Waals surface area contributed by atoms with Gasteiger partial charge < -0.3 is 5.11 Å². The standard InChI is InChI=1S/C13H23NO4S/c1-10(7-11-3-2-4-11)14(8-13(15)16)12-5-6-19(17,18)9-12/h10-12H,2-9H2,1H3,(H,15,16). The molecule has 1 N–H and O–H groups in total. The van der Waals surface area contributed by atoms with Gasteiger partial charge in [0.05, 0.1) is 18.1 Å². The number of carbonyl (C=O) groups is 1. The highest BCUT2D eigenvalue weighted by atomic mass is 32.2. The number of nitrogens with zero attached hydrogens (tertiary/aromatic N) is 1. The molecule has 5 nitrogen and oxygen atoms in total. The van der Waals surface area contributed by atoms with Crippen molar-refractivity contribution in [3.63, 3.8) is 0 Å². The van der Waals surface area contributed by atoms with Gasteiger partial charge in [-0.25, -0.2) is 8.42 Å². The van der Waals surface area contributed by atoms with Crippen LogP contribution in [0.1, 0.15) is 39.0 Å². The third-order valence-electron chi connectivity index (χ3n) is 4.46. The third-order valence-corrected chi connectivity index (χ3v) is 6.21. The number of aliphatic carboxylic acids is 1. The maximum Gasteiger partial charge on any atom is 0.317 e. The molecule has 19 heavy (non-hydrogen) atoms. The van der Waals surface area contributed by atoms with Gasteiger partial charge in [-0.05, 0) is 25.7 Å². The fourth-order valence-electron chi connectivity index (χ4n) is 3.18. The van der Waals surface area contributed by atoms with Crippen LogP contribution in [0.25, 0.3) is 0 Å². The second-order valence-electron chi connectivity index (χ2n) is 6.00. The van der Waals surface area contributed by atoms with E-state index in [1.807, 2.05) is 11.8 Å². The molecule has 110 valence electrons. The maximum atomic E-state index is 11.6. The van der Waals surface area contributed by atoms with Crippen LogP contribution in [0.15, 0.2) is 0 Å². The Morgan fingerprint density at radius 2 is 2.05 bits per heavy atom. The molecule has 0 aromatic heterocycles. The van der Waals surface area contributed by atoms with E-state index in [9.17, 15) is 13.2 Å². The lowest BCUT2D eigenvalue weighted by atomic mass is 9.80. The van der Waals surface area contributed by atoms with Crippen LogP contribution >= 0.6 is 0 Å². The van der Waals surface area contributed by atoms with Crippen molar-refractivity contribution in [2.45, 2.75) is 51.1 Å². The first-order valence-corrected chi connectivity index (χ1v) is 8.87. The summed E-state index contributed by atoms with van der Waals surface area (Å²) in [5, 5.41) is 9.04. The molecular formula is C13H23NO4S. The first-order chi connectivity index (χ1) is 8.87. The highest BCUT2D eigenvalue weighted by Crippen LogP contribution is 2.32. The Morgan fingerprint density at radius 1 is 1.37 bits per heavy atom. The largest absolute Gasteiger partial charge is 0.480 e. The summed E-state index contributed by atoms with van der Waals surface area (Å²) in [6.45, 7) is 1.99. The van der Waals surface area contributed by atoms with Gasteiger partial charge >= 0.3 is 5.97 Å². The van der Waals surface area contributed by atoms with Crippen molar-refractivity contribution < 1.29 is 18.3 Å². The van der Waals surface area contributed by atoms with Crippen molar-refractivity contribution in [2.75, 3.05) is 18.1 Å². The number of hydrogen-bond donors (Lipinski definition) is 1. The Balaban J connectivity index is 2.00. The summed E-state index contributed by atoms with van der Waals surface area (Å²) in [6.07, 6.45) is 5.30. The van der Waals surface area contributed by atoms with Gasteiger partial charge in [-0.1, -0.05) is 19.3 Å². The Bertz CT molecular complexity index is 430. The predicted molar refractivity (Wildman–Crippen MR) is 72.8 cm³/mol. The summed E-state index contributed by atoms with van der Waals surface area (Å²) in [5.74, 6) is 0.147. The summed E-state index contributed by atoms with van der Waals surface area (Å²) in [5.41, 5.74) is 0. The van der Waals surface area contributed by atoms with Crippen LogP contribution < -0.4 is 0 Å². The minimum absolute atomic E-state index is 0.0475. The first kappa shape index (κ1) is 14.8. The second-order valence-corrected chi connectivity index (χ2v) is 8.23. The highest BCUT2D eigenvalue weighted by molar-refractivity contribution is 7.91. The molecule has 1 saturated carbocycles. The van der Waals surface area contributed by atoms with E-state index in [0.29, 0.717) is 12.3 Å². The molecule has 1 saturated heterocycles. The van der Waals surface area contributed by atoms with Crippen molar-refractivity contribution >= 4 is 15.8 Å². The van der Waals surface area contributed by atoms with E-state index in [2.05, 4.69) is 0 Å². The van der Waals surface area contributed by atoms with Crippen LogP contribution in [-0.4, -0.2) is 54.5 Å². The molecule has 2 atom stereocenters. The quantitative estimate of drug-likeness (QED) is 0.793. The van der Waals surface area contributed by atoms with Crippen LogP contribution in [-0.2, 0) is 14.6 Å². The molecule has 0 aromatic carbocycles. The molecule has 2 fully saturated rings. The minimum Gasteiger partial charge on any atom is -0.480 e. The highest BCUT2D eigenvalue weighted by Gasteiger charge is 2.36. The van der Waals surface area contributed by atoms with Crippen LogP contribution in [0.3, 0.4) is 0 Å². The van der Waals surface area contributed by atoms with E-state index >= 15 is 0 Å². The molecule has 0 aromatic rings. The summed E-state index contributed by atoms with van der Waals surface area (Å²) in [6, 6.07) is 0.0378. The summed E-state index contributed by atoms with van der Waals surface area (Å²) in [7, 11) is -2.96. The molecule has 2 rings (SSSR count). The van der Waals surface area contributed by atoms with Gasteiger partial charge in [0.15, 0.2) is 9.84 Å². The number of rotatable bonds is 6. The Labute approximate surface area is 114 Å². The molecular weight excluding hydrogens is 266 g/mol. The Morgan fingerprint density at radius 3 is 2.47 bits per heavy atom. The van der Waals surface area contributed by atoms with E-state index < -0.39 is 15.8 Å². The van der Waals surface area contributed by atoms with Crippen molar-refractivity contribution in [3.8, 4) is 0 Å². The monoisotopic (exact) mass is 289 g/mol. The summed E-state index contributed by atoms with van der Waals surface area (Å²) in [4.78, 5) is 12.9.